The predicted octanol–water partition coefficient (Wildman–Crippen LogP) is 4.88. The van der Waals surface area contributed by atoms with Crippen molar-refractivity contribution in [2.24, 2.45) is 4.99 Å². The molecule has 0 saturated heterocycles. The Kier molecular flexibility index (Phi) is 4.42. The van der Waals surface area contributed by atoms with Crippen molar-refractivity contribution in [2.45, 2.75) is 6.18 Å². The fraction of sp³-hybridized carbons (Fsp3) is 0.125. The topological polar surface area (TPSA) is 12.4 Å². The van der Waals surface area contributed by atoms with Crippen molar-refractivity contribution in [3.05, 3.63) is 26.2 Å². The summed E-state index contributed by atoms with van der Waals surface area (Å²) in [6.07, 6.45) is -4.61. The molecule has 0 aromatic heterocycles. The number of nitrogens with zero attached hydrogens (tertiary/aromatic N) is 1. The van der Waals surface area contributed by atoms with Gasteiger partial charge in [-0.25, -0.2) is 4.99 Å². The van der Waals surface area contributed by atoms with E-state index in [9.17, 15) is 13.2 Å². The number of rotatable bonds is 1. The minimum Gasteiger partial charge on any atom is -0.231 e. The van der Waals surface area contributed by atoms with Crippen LogP contribution >= 0.6 is 50.1 Å². The summed E-state index contributed by atoms with van der Waals surface area (Å²) in [6, 6.07) is 4.75. The maximum absolute atomic E-state index is 12.1. The largest absolute Gasteiger partial charge is 0.444 e. The summed E-state index contributed by atoms with van der Waals surface area (Å²) in [5.74, 6) is 0. The van der Waals surface area contributed by atoms with Crippen LogP contribution in [0.25, 0.3) is 0 Å². The van der Waals surface area contributed by atoms with Gasteiger partial charge in [-0.2, -0.15) is 13.2 Å². The Morgan fingerprint density at radius 3 is 2.47 bits per heavy atom. The van der Waals surface area contributed by atoms with Gasteiger partial charge in [-0.05, 0) is 56.7 Å². The highest BCUT2D eigenvalue weighted by atomic mass is 127. The molecule has 1 rings (SSSR count). The average Bonchev–Trinajstić information content (AvgIpc) is 2.08. The molecular weight excluding hydrogens is 409 g/mol. The van der Waals surface area contributed by atoms with Gasteiger partial charge in [0, 0.05) is 8.04 Å². The Balaban J connectivity index is 3.09. The van der Waals surface area contributed by atoms with E-state index in [0.717, 1.165) is 3.57 Å². The van der Waals surface area contributed by atoms with Crippen molar-refractivity contribution >= 4 is 61.0 Å². The lowest BCUT2D eigenvalue weighted by atomic mass is 10.3. The molecule has 0 fully saturated rings. The van der Waals surface area contributed by atoms with Crippen LogP contribution in [0, 0.1) is 3.57 Å². The lowest BCUT2D eigenvalue weighted by Crippen LogP contribution is -2.16. The number of benzene rings is 1. The van der Waals surface area contributed by atoms with Gasteiger partial charge in [0.05, 0.1) is 5.69 Å². The maximum Gasteiger partial charge on any atom is 0.444 e. The molecular formula is C8H3BrClF3IN. The van der Waals surface area contributed by atoms with Crippen molar-refractivity contribution in [3.63, 3.8) is 0 Å². The summed E-state index contributed by atoms with van der Waals surface area (Å²) >= 11 is 10.1. The van der Waals surface area contributed by atoms with Crippen molar-refractivity contribution in [1.29, 1.82) is 0 Å². The van der Waals surface area contributed by atoms with E-state index in [-0.39, 0.29) is 5.69 Å². The molecule has 0 atom stereocenters. The molecule has 0 saturated carbocycles. The van der Waals surface area contributed by atoms with Crippen LogP contribution in [-0.2, 0) is 0 Å². The molecule has 1 aromatic rings. The normalized spacial score (nSPS) is 13.1. The van der Waals surface area contributed by atoms with E-state index in [2.05, 4.69) is 20.9 Å². The summed E-state index contributed by atoms with van der Waals surface area (Å²) in [5, 5.41) is -1.38. The first-order valence-electron chi connectivity index (χ1n) is 3.57. The molecule has 0 aliphatic rings. The standard InChI is InChI=1S/C8H3BrClF3IN/c9-5-3-4(14)1-2-6(5)15-7(10)8(11,12)13/h1-3H. The zero-order valence-corrected chi connectivity index (χ0v) is 11.4. The van der Waals surface area contributed by atoms with Crippen LogP contribution in [0.2, 0.25) is 0 Å². The van der Waals surface area contributed by atoms with E-state index in [1.807, 2.05) is 22.6 Å². The molecule has 1 nitrogen and oxygen atoms in total. The Morgan fingerprint density at radius 2 is 2.00 bits per heavy atom. The van der Waals surface area contributed by atoms with Crippen LogP contribution in [0.1, 0.15) is 0 Å². The first-order chi connectivity index (χ1) is 6.80. The maximum atomic E-state index is 12.1. The van der Waals surface area contributed by atoms with Gasteiger partial charge in [-0.15, -0.1) is 0 Å². The highest BCUT2D eigenvalue weighted by Crippen LogP contribution is 2.30. The highest BCUT2D eigenvalue weighted by Gasteiger charge is 2.34. The third kappa shape index (κ3) is 3.92. The Morgan fingerprint density at radius 1 is 1.40 bits per heavy atom. The zero-order chi connectivity index (χ0) is 11.6. The molecule has 0 spiro atoms. The number of aliphatic imine (C=N–C) groups is 1. The van der Waals surface area contributed by atoms with Gasteiger partial charge >= 0.3 is 6.18 Å². The highest BCUT2D eigenvalue weighted by molar-refractivity contribution is 14.1. The SMILES string of the molecule is FC(F)(F)C(Cl)=Nc1ccc(I)cc1Br. The van der Waals surface area contributed by atoms with E-state index in [1.54, 1.807) is 12.1 Å². The van der Waals surface area contributed by atoms with Gasteiger partial charge in [0.15, 0.2) is 0 Å². The number of hydrogen-bond donors (Lipinski definition) is 0. The van der Waals surface area contributed by atoms with Crippen LogP contribution in [0.5, 0.6) is 0 Å². The van der Waals surface area contributed by atoms with Gasteiger partial charge in [0.1, 0.15) is 0 Å². The van der Waals surface area contributed by atoms with Crippen LogP contribution in [0.15, 0.2) is 27.7 Å². The van der Waals surface area contributed by atoms with Crippen LogP contribution in [0.3, 0.4) is 0 Å². The molecule has 0 unspecified atom stereocenters. The van der Waals surface area contributed by atoms with Crippen molar-refractivity contribution < 1.29 is 13.2 Å². The third-order valence-corrected chi connectivity index (χ3v) is 2.97. The molecule has 7 heteroatoms. The molecule has 82 valence electrons. The van der Waals surface area contributed by atoms with Crippen LogP contribution in [-0.4, -0.2) is 11.3 Å². The van der Waals surface area contributed by atoms with Gasteiger partial charge in [-0.1, -0.05) is 11.6 Å². The average molecular weight is 412 g/mol. The summed E-state index contributed by atoms with van der Waals surface area (Å²) < 4.78 is 37.6. The first-order valence-corrected chi connectivity index (χ1v) is 5.82. The second-order valence-electron chi connectivity index (χ2n) is 2.50. The Labute approximate surface area is 111 Å². The monoisotopic (exact) mass is 411 g/mol. The molecule has 0 N–H and O–H groups in total. The summed E-state index contributed by atoms with van der Waals surface area (Å²) in [7, 11) is 0. The lowest BCUT2D eigenvalue weighted by Gasteiger charge is -2.04. The van der Waals surface area contributed by atoms with Gasteiger partial charge < -0.3 is 0 Å². The molecule has 0 amide bonds. The molecule has 15 heavy (non-hydrogen) atoms. The summed E-state index contributed by atoms with van der Waals surface area (Å²) in [6.45, 7) is 0. The minimum absolute atomic E-state index is 0.151. The fourth-order valence-corrected chi connectivity index (χ4v) is 2.22. The van der Waals surface area contributed by atoms with E-state index in [1.165, 1.54) is 6.07 Å². The third-order valence-electron chi connectivity index (χ3n) is 1.36. The second kappa shape index (κ2) is 5.01. The predicted molar refractivity (Wildman–Crippen MR) is 65.9 cm³/mol. The fourth-order valence-electron chi connectivity index (χ4n) is 0.741. The zero-order valence-electron chi connectivity index (χ0n) is 6.95. The minimum atomic E-state index is -4.61. The quantitative estimate of drug-likeness (QED) is 0.460. The summed E-state index contributed by atoms with van der Waals surface area (Å²) in [4.78, 5) is 3.28. The van der Waals surface area contributed by atoms with Crippen molar-refractivity contribution in [2.75, 3.05) is 0 Å². The number of halogens is 6. The number of alkyl halides is 3. The van der Waals surface area contributed by atoms with Gasteiger partial charge in [0.25, 0.3) is 0 Å². The van der Waals surface area contributed by atoms with E-state index < -0.39 is 11.3 Å². The summed E-state index contributed by atoms with van der Waals surface area (Å²) in [5.41, 5.74) is 0.151. The van der Waals surface area contributed by atoms with Gasteiger partial charge in [0.2, 0.25) is 5.17 Å². The number of hydrogen-bond acceptors (Lipinski definition) is 1. The van der Waals surface area contributed by atoms with E-state index in [0.29, 0.717) is 4.47 Å². The van der Waals surface area contributed by atoms with Crippen LogP contribution < -0.4 is 0 Å². The lowest BCUT2D eigenvalue weighted by molar-refractivity contribution is -0.0558. The Bertz CT molecular complexity index is 405. The Hall–Kier alpha value is 0.180. The van der Waals surface area contributed by atoms with Crippen LogP contribution in [0.4, 0.5) is 18.9 Å². The molecule has 0 aliphatic carbocycles. The smallest absolute Gasteiger partial charge is 0.231 e. The molecule has 0 radical (unpaired) electrons. The molecule has 0 heterocycles. The molecule has 0 bridgehead atoms. The van der Waals surface area contributed by atoms with Gasteiger partial charge in [-0.3, -0.25) is 0 Å². The van der Waals surface area contributed by atoms with E-state index >= 15 is 0 Å². The molecule has 0 aliphatic heterocycles. The first kappa shape index (κ1) is 13.2. The second-order valence-corrected chi connectivity index (χ2v) is 4.95. The van der Waals surface area contributed by atoms with Crippen molar-refractivity contribution in [1.82, 2.24) is 0 Å². The van der Waals surface area contributed by atoms with Crippen molar-refractivity contribution in [3.8, 4) is 0 Å². The molecule has 1 aromatic carbocycles. The van der Waals surface area contributed by atoms with E-state index in [4.69, 9.17) is 11.6 Å².